The van der Waals surface area contributed by atoms with Gasteiger partial charge in [0.25, 0.3) is 0 Å². The van der Waals surface area contributed by atoms with Gasteiger partial charge in [-0.15, -0.1) is 0 Å². The van der Waals surface area contributed by atoms with Gasteiger partial charge in [0, 0.05) is 6.42 Å². The minimum absolute atomic E-state index is 0.352. The Morgan fingerprint density at radius 3 is 2.62 bits per heavy atom. The zero-order valence-corrected chi connectivity index (χ0v) is 9.40. The fourth-order valence-electron chi connectivity index (χ4n) is 1.89. The Morgan fingerprint density at radius 1 is 1.31 bits per heavy atom. The van der Waals surface area contributed by atoms with Crippen LogP contribution in [-0.4, -0.2) is 13.1 Å². The van der Waals surface area contributed by atoms with Crippen molar-refractivity contribution in [3.63, 3.8) is 0 Å². The molecule has 0 bridgehead atoms. The van der Waals surface area contributed by atoms with Crippen molar-refractivity contribution in [2.24, 2.45) is 0 Å². The van der Waals surface area contributed by atoms with Crippen LogP contribution in [0.25, 0.3) is 0 Å². The summed E-state index contributed by atoms with van der Waals surface area (Å²) in [5.74, 6) is 0.303. The SMILES string of the molecule is COC1=CC(=O)OC(C)(c2ccccc2)C1. The van der Waals surface area contributed by atoms with E-state index >= 15 is 0 Å². The maximum Gasteiger partial charge on any atom is 0.335 e. The zero-order chi connectivity index (χ0) is 11.6. The van der Waals surface area contributed by atoms with E-state index in [1.165, 1.54) is 6.08 Å². The normalized spacial score (nSPS) is 24.6. The second-order valence-corrected chi connectivity index (χ2v) is 4.01. The standard InChI is InChI=1S/C13H14O3/c1-13(10-6-4-3-5-7-10)9-11(15-2)8-12(14)16-13/h3-8H,9H2,1-2H3. The molecule has 0 N–H and O–H groups in total. The van der Waals surface area contributed by atoms with Gasteiger partial charge >= 0.3 is 5.97 Å². The second-order valence-electron chi connectivity index (χ2n) is 4.01. The van der Waals surface area contributed by atoms with E-state index in [4.69, 9.17) is 9.47 Å². The third-order valence-corrected chi connectivity index (χ3v) is 2.76. The quantitative estimate of drug-likeness (QED) is 0.715. The van der Waals surface area contributed by atoms with Gasteiger partial charge in [-0.05, 0) is 12.5 Å². The Morgan fingerprint density at radius 2 is 2.00 bits per heavy atom. The third-order valence-electron chi connectivity index (χ3n) is 2.76. The number of rotatable bonds is 2. The van der Waals surface area contributed by atoms with Gasteiger partial charge in [0.15, 0.2) is 0 Å². The van der Waals surface area contributed by atoms with Crippen molar-refractivity contribution in [2.45, 2.75) is 18.9 Å². The predicted molar refractivity (Wildman–Crippen MR) is 59.6 cm³/mol. The van der Waals surface area contributed by atoms with E-state index in [2.05, 4.69) is 0 Å². The summed E-state index contributed by atoms with van der Waals surface area (Å²) in [6, 6.07) is 9.70. The molecule has 0 aromatic heterocycles. The summed E-state index contributed by atoms with van der Waals surface area (Å²) in [5.41, 5.74) is 0.351. The Hall–Kier alpha value is -1.77. The average Bonchev–Trinajstić information content (AvgIpc) is 2.29. The number of esters is 1. The van der Waals surface area contributed by atoms with Crippen molar-refractivity contribution in [1.29, 1.82) is 0 Å². The molecule has 84 valence electrons. The largest absolute Gasteiger partial charge is 0.501 e. The molecule has 1 aromatic carbocycles. The van der Waals surface area contributed by atoms with Crippen LogP contribution in [0, 0.1) is 0 Å². The highest BCUT2D eigenvalue weighted by Gasteiger charge is 2.35. The van der Waals surface area contributed by atoms with Crippen LogP contribution < -0.4 is 0 Å². The summed E-state index contributed by atoms with van der Waals surface area (Å²) in [6.07, 6.45) is 1.96. The monoisotopic (exact) mass is 218 g/mol. The zero-order valence-electron chi connectivity index (χ0n) is 9.40. The molecule has 0 spiro atoms. The van der Waals surface area contributed by atoms with Crippen molar-refractivity contribution in [2.75, 3.05) is 7.11 Å². The summed E-state index contributed by atoms with van der Waals surface area (Å²) in [7, 11) is 1.57. The van der Waals surface area contributed by atoms with E-state index in [-0.39, 0.29) is 5.97 Å². The van der Waals surface area contributed by atoms with Gasteiger partial charge in [0.2, 0.25) is 0 Å². The van der Waals surface area contributed by atoms with Gasteiger partial charge in [-0.1, -0.05) is 30.3 Å². The van der Waals surface area contributed by atoms with Crippen LogP contribution in [0.1, 0.15) is 18.9 Å². The van der Waals surface area contributed by atoms with Gasteiger partial charge in [-0.25, -0.2) is 4.79 Å². The fraction of sp³-hybridized carbons (Fsp3) is 0.308. The first kappa shape index (κ1) is 10.7. The Bertz CT molecular complexity index is 422. The maximum absolute atomic E-state index is 11.4. The van der Waals surface area contributed by atoms with Crippen LogP contribution in [0.15, 0.2) is 42.2 Å². The van der Waals surface area contributed by atoms with E-state index in [1.807, 2.05) is 37.3 Å². The highest BCUT2D eigenvalue weighted by atomic mass is 16.6. The van der Waals surface area contributed by atoms with Crippen LogP contribution >= 0.6 is 0 Å². The van der Waals surface area contributed by atoms with Crippen molar-refractivity contribution in [3.05, 3.63) is 47.7 Å². The lowest BCUT2D eigenvalue weighted by molar-refractivity contribution is -0.156. The predicted octanol–water partition coefficient (Wildman–Crippen LogP) is 2.38. The summed E-state index contributed by atoms with van der Waals surface area (Å²) in [6.45, 7) is 1.90. The molecule has 1 atom stereocenters. The van der Waals surface area contributed by atoms with Gasteiger partial charge in [0.05, 0.1) is 13.2 Å². The number of ether oxygens (including phenoxy) is 2. The third kappa shape index (κ3) is 1.94. The van der Waals surface area contributed by atoms with Gasteiger partial charge in [0.1, 0.15) is 11.4 Å². The molecule has 0 saturated carbocycles. The number of carbonyl (C=O) groups is 1. The summed E-state index contributed by atoms with van der Waals surface area (Å²) in [5, 5.41) is 0. The number of cyclic esters (lactones) is 1. The summed E-state index contributed by atoms with van der Waals surface area (Å²) >= 11 is 0. The highest BCUT2D eigenvalue weighted by molar-refractivity contribution is 5.84. The molecule has 0 aliphatic carbocycles. The topological polar surface area (TPSA) is 35.5 Å². The Balaban J connectivity index is 2.34. The fourth-order valence-corrected chi connectivity index (χ4v) is 1.89. The number of hydrogen-bond donors (Lipinski definition) is 0. The van der Waals surface area contributed by atoms with Crippen LogP contribution in [0.5, 0.6) is 0 Å². The molecule has 2 rings (SSSR count). The van der Waals surface area contributed by atoms with E-state index in [0.29, 0.717) is 12.2 Å². The lowest BCUT2D eigenvalue weighted by Crippen LogP contribution is -2.32. The first-order chi connectivity index (χ1) is 7.64. The highest BCUT2D eigenvalue weighted by Crippen LogP contribution is 2.35. The lowest BCUT2D eigenvalue weighted by Gasteiger charge is -2.33. The molecule has 0 radical (unpaired) electrons. The van der Waals surface area contributed by atoms with E-state index < -0.39 is 5.60 Å². The van der Waals surface area contributed by atoms with Crippen LogP contribution in [0.4, 0.5) is 0 Å². The minimum Gasteiger partial charge on any atom is -0.501 e. The molecule has 3 nitrogen and oxygen atoms in total. The smallest absolute Gasteiger partial charge is 0.335 e. The molecular formula is C13H14O3. The molecule has 3 heteroatoms. The van der Waals surface area contributed by atoms with Crippen LogP contribution in [-0.2, 0) is 19.9 Å². The van der Waals surface area contributed by atoms with E-state index in [0.717, 1.165) is 5.56 Å². The van der Waals surface area contributed by atoms with Crippen LogP contribution in [0.3, 0.4) is 0 Å². The lowest BCUT2D eigenvalue weighted by atomic mass is 9.90. The Kier molecular flexibility index (Phi) is 2.69. The number of methoxy groups -OCH3 is 1. The average molecular weight is 218 g/mol. The van der Waals surface area contributed by atoms with Crippen molar-refractivity contribution in [1.82, 2.24) is 0 Å². The minimum atomic E-state index is -0.627. The Labute approximate surface area is 94.7 Å². The number of hydrogen-bond acceptors (Lipinski definition) is 3. The van der Waals surface area contributed by atoms with Crippen molar-refractivity contribution >= 4 is 5.97 Å². The molecule has 1 aromatic rings. The summed E-state index contributed by atoms with van der Waals surface area (Å²) < 4.78 is 10.5. The maximum atomic E-state index is 11.4. The molecule has 0 fully saturated rings. The molecule has 0 amide bonds. The number of carbonyl (C=O) groups excluding carboxylic acids is 1. The molecule has 1 heterocycles. The molecule has 16 heavy (non-hydrogen) atoms. The molecule has 1 aliphatic rings. The van der Waals surface area contributed by atoms with E-state index in [9.17, 15) is 4.79 Å². The van der Waals surface area contributed by atoms with E-state index in [1.54, 1.807) is 7.11 Å². The van der Waals surface area contributed by atoms with Crippen molar-refractivity contribution in [3.8, 4) is 0 Å². The molecule has 1 unspecified atom stereocenters. The van der Waals surface area contributed by atoms with Crippen molar-refractivity contribution < 1.29 is 14.3 Å². The molecular weight excluding hydrogens is 204 g/mol. The van der Waals surface area contributed by atoms with Gasteiger partial charge < -0.3 is 9.47 Å². The van der Waals surface area contributed by atoms with Gasteiger partial charge in [-0.2, -0.15) is 0 Å². The molecule has 0 saturated heterocycles. The number of benzene rings is 1. The van der Waals surface area contributed by atoms with Gasteiger partial charge in [-0.3, -0.25) is 0 Å². The summed E-state index contributed by atoms with van der Waals surface area (Å²) in [4.78, 5) is 11.4. The molecule has 1 aliphatic heterocycles. The first-order valence-electron chi connectivity index (χ1n) is 5.17. The first-order valence-corrected chi connectivity index (χ1v) is 5.17. The second kappa shape index (κ2) is 4.00. The van der Waals surface area contributed by atoms with Crippen LogP contribution in [0.2, 0.25) is 0 Å².